The summed E-state index contributed by atoms with van der Waals surface area (Å²) in [6.45, 7) is 5.45. The second-order valence-electron chi connectivity index (χ2n) is 6.88. The first-order valence-electron chi connectivity index (χ1n) is 10.3. The molecule has 1 unspecified atom stereocenters. The number of aliphatic imine (C=N–C) groups is 1. The van der Waals surface area contributed by atoms with Crippen molar-refractivity contribution in [3.63, 3.8) is 0 Å². The number of ether oxygens (including phenoxy) is 2. The Kier molecular flexibility index (Phi) is 13.0. The quantitative estimate of drug-likeness (QED) is 0.204. The zero-order valence-corrected chi connectivity index (χ0v) is 21.9. The van der Waals surface area contributed by atoms with Gasteiger partial charge in [-0.3, -0.25) is 0 Å². The molecular formula is C22H33IN4O4S. The van der Waals surface area contributed by atoms with E-state index < -0.39 is 10.0 Å². The third kappa shape index (κ3) is 11.0. The van der Waals surface area contributed by atoms with E-state index in [1.54, 1.807) is 7.11 Å². The van der Waals surface area contributed by atoms with E-state index in [0.717, 1.165) is 11.3 Å². The maximum Gasteiger partial charge on any atom is 0.213 e. The average Bonchev–Trinajstić information content (AvgIpc) is 2.77. The van der Waals surface area contributed by atoms with E-state index in [9.17, 15) is 8.42 Å². The molecule has 0 saturated carbocycles. The second kappa shape index (κ2) is 14.9. The van der Waals surface area contributed by atoms with Crippen LogP contribution in [-0.4, -0.2) is 53.0 Å². The molecule has 2 aromatic carbocycles. The van der Waals surface area contributed by atoms with Gasteiger partial charge in [0.05, 0.1) is 19.4 Å². The van der Waals surface area contributed by atoms with Gasteiger partial charge in [-0.05, 0) is 31.5 Å². The molecule has 8 nitrogen and oxygen atoms in total. The molecule has 2 aromatic rings. The van der Waals surface area contributed by atoms with Crippen LogP contribution < -0.4 is 24.8 Å². The van der Waals surface area contributed by atoms with Gasteiger partial charge in [-0.15, -0.1) is 24.0 Å². The Morgan fingerprint density at radius 3 is 2.47 bits per heavy atom. The molecule has 2 rings (SSSR count). The van der Waals surface area contributed by atoms with Crippen molar-refractivity contribution in [2.24, 2.45) is 4.99 Å². The van der Waals surface area contributed by atoms with Crippen molar-refractivity contribution >= 4 is 40.0 Å². The summed E-state index contributed by atoms with van der Waals surface area (Å²) in [5.41, 5.74) is 0.916. The van der Waals surface area contributed by atoms with Crippen LogP contribution in [0.1, 0.15) is 19.4 Å². The van der Waals surface area contributed by atoms with Gasteiger partial charge in [-0.1, -0.05) is 36.4 Å². The lowest BCUT2D eigenvalue weighted by molar-refractivity contribution is 0.229. The van der Waals surface area contributed by atoms with Crippen molar-refractivity contribution in [1.82, 2.24) is 15.4 Å². The highest BCUT2D eigenvalue weighted by molar-refractivity contribution is 14.0. The van der Waals surface area contributed by atoms with Gasteiger partial charge in [-0.25, -0.2) is 18.1 Å². The third-order valence-electron chi connectivity index (χ3n) is 4.23. The van der Waals surface area contributed by atoms with Crippen LogP contribution in [0.2, 0.25) is 0 Å². The highest BCUT2D eigenvalue weighted by Crippen LogP contribution is 2.19. The maximum atomic E-state index is 12.2. The van der Waals surface area contributed by atoms with Crippen LogP contribution >= 0.6 is 24.0 Å². The van der Waals surface area contributed by atoms with Crippen LogP contribution in [-0.2, 0) is 16.6 Å². The van der Waals surface area contributed by atoms with E-state index in [1.165, 1.54) is 0 Å². The second-order valence-corrected chi connectivity index (χ2v) is 8.81. The van der Waals surface area contributed by atoms with Gasteiger partial charge in [0.15, 0.2) is 5.96 Å². The summed E-state index contributed by atoms with van der Waals surface area (Å²) in [5.74, 6) is 1.92. The van der Waals surface area contributed by atoms with Crippen LogP contribution in [0.4, 0.5) is 0 Å². The molecule has 3 N–H and O–H groups in total. The van der Waals surface area contributed by atoms with Crippen LogP contribution in [0.25, 0.3) is 0 Å². The van der Waals surface area contributed by atoms with E-state index in [0.29, 0.717) is 24.8 Å². The van der Waals surface area contributed by atoms with Crippen LogP contribution in [0.15, 0.2) is 59.6 Å². The van der Waals surface area contributed by atoms with E-state index >= 15 is 0 Å². The van der Waals surface area contributed by atoms with E-state index in [1.807, 2.05) is 68.4 Å². The Balaban J connectivity index is 0.00000512. The summed E-state index contributed by atoms with van der Waals surface area (Å²) in [4.78, 5) is 4.49. The van der Waals surface area contributed by atoms with Gasteiger partial charge >= 0.3 is 0 Å². The smallest absolute Gasteiger partial charge is 0.213 e. The number of benzene rings is 2. The predicted octanol–water partition coefficient (Wildman–Crippen LogP) is 2.76. The third-order valence-corrected chi connectivity index (χ3v) is 5.56. The fraction of sp³-hybridized carbons (Fsp3) is 0.409. The molecule has 10 heteroatoms. The Labute approximate surface area is 208 Å². The normalized spacial score (nSPS) is 12.4. The lowest BCUT2D eigenvalue weighted by Crippen LogP contribution is -2.41. The Morgan fingerprint density at radius 1 is 1.06 bits per heavy atom. The first-order chi connectivity index (χ1) is 14.9. The molecule has 0 aliphatic carbocycles. The first-order valence-corrected chi connectivity index (χ1v) is 11.9. The zero-order valence-electron chi connectivity index (χ0n) is 18.7. The minimum atomic E-state index is -3.40. The van der Waals surface area contributed by atoms with Crippen molar-refractivity contribution < 1.29 is 17.9 Å². The largest absolute Gasteiger partial charge is 0.497 e. The number of nitrogens with zero attached hydrogens (tertiary/aromatic N) is 1. The highest BCUT2D eigenvalue weighted by atomic mass is 127. The molecule has 0 aliphatic heterocycles. The molecular weight excluding hydrogens is 543 g/mol. The van der Waals surface area contributed by atoms with Gasteiger partial charge in [-0.2, -0.15) is 0 Å². The van der Waals surface area contributed by atoms with Crippen molar-refractivity contribution in [2.75, 3.05) is 32.5 Å². The summed E-state index contributed by atoms with van der Waals surface area (Å²) >= 11 is 0. The number of methoxy groups -OCH3 is 1. The molecule has 0 saturated heterocycles. The van der Waals surface area contributed by atoms with Gasteiger partial charge < -0.3 is 20.1 Å². The lowest BCUT2D eigenvalue weighted by atomic mass is 10.2. The number of nitrogens with one attached hydrogen (secondary N) is 3. The van der Waals surface area contributed by atoms with Crippen LogP contribution in [0.5, 0.6) is 11.5 Å². The van der Waals surface area contributed by atoms with E-state index in [4.69, 9.17) is 9.47 Å². The average molecular weight is 577 g/mol. The fourth-order valence-electron chi connectivity index (χ4n) is 2.67. The molecule has 0 bridgehead atoms. The number of hydrogen-bond donors (Lipinski definition) is 3. The maximum absolute atomic E-state index is 12.2. The Bertz CT molecular complexity index is 927. The molecule has 0 radical (unpaired) electrons. The molecule has 0 fully saturated rings. The summed E-state index contributed by atoms with van der Waals surface area (Å²) in [6.07, 6.45) is -0.168. The summed E-state index contributed by atoms with van der Waals surface area (Å²) in [6, 6.07) is 16.8. The molecule has 178 valence electrons. The minimum absolute atomic E-state index is 0. The van der Waals surface area contributed by atoms with Crippen molar-refractivity contribution in [2.45, 2.75) is 26.5 Å². The van der Waals surface area contributed by atoms with Crippen molar-refractivity contribution in [1.29, 1.82) is 0 Å². The van der Waals surface area contributed by atoms with Crippen LogP contribution in [0, 0.1) is 0 Å². The number of sulfonamides is 1. The SMILES string of the molecule is CCNC(=NCC(C)Oc1cccc(OC)c1)NCCS(=O)(=O)NCc1ccccc1.I. The Morgan fingerprint density at radius 2 is 1.78 bits per heavy atom. The standard InChI is InChI=1S/C22H32N4O4S.HI/c1-4-23-22(25-16-18(2)30-21-12-8-11-20(15-21)29-3)24-13-14-31(27,28)26-17-19-9-6-5-7-10-19;/h5-12,15,18,26H,4,13-14,16-17H2,1-3H3,(H2,23,24,25);1H. The number of hydrogen-bond acceptors (Lipinski definition) is 5. The summed E-state index contributed by atoms with van der Waals surface area (Å²) in [5, 5.41) is 6.17. The minimum Gasteiger partial charge on any atom is -0.497 e. The fourth-order valence-corrected chi connectivity index (χ4v) is 3.57. The van der Waals surface area contributed by atoms with Crippen molar-refractivity contribution in [3.05, 3.63) is 60.2 Å². The van der Waals surface area contributed by atoms with Crippen LogP contribution in [0.3, 0.4) is 0 Å². The molecule has 0 heterocycles. The van der Waals surface area contributed by atoms with Gasteiger partial charge in [0.1, 0.15) is 17.6 Å². The topological polar surface area (TPSA) is 101 Å². The Hall–Kier alpha value is -2.05. The predicted molar refractivity (Wildman–Crippen MR) is 140 cm³/mol. The van der Waals surface area contributed by atoms with Gasteiger partial charge in [0.25, 0.3) is 0 Å². The molecule has 1 atom stereocenters. The number of guanidine groups is 1. The number of halogens is 1. The van der Waals surface area contributed by atoms with Crippen molar-refractivity contribution in [3.8, 4) is 11.5 Å². The first kappa shape index (κ1) is 28.0. The monoisotopic (exact) mass is 576 g/mol. The molecule has 0 spiro atoms. The molecule has 0 aliphatic rings. The summed E-state index contributed by atoms with van der Waals surface area (Å²) in [7, 11) is -1.79. The molecule has 32 heavy (non-hydrogen) atoms. The molecule has 0 aromatic heterocycles. The van der Waals surface area contributed by atoms with Gasteiger partial charge in [0, 0.05) is 25.7 Å². The highest BCUT2D eigenvalue weighted by Gasteiger charge is 2.11. The van der Waals surface area contributed by atoms with E-state index in [2.05, 4.69) is 20.3 Å². The summed E-state index contributed by atoms with van der Waals surface area (Å²) < 4.78 is 38.1. The van der Waals surface area contributed by atoms with Gasteiger partial charge in [0.2, 0.25) is 10.0 Å². The van der Waals surface area contributed by atoms with E-state index in [-0.39, 0.29) is 48.9 Å². The molecule has 0 amide bonds. The number of rotatable bonds is 12. The lowest BCUT2D eigenvalue weighted by Gasteiger charge is -2.16. The zero-order chi connectivity index (χ0) is 22.5.